The van der Waals surface area contributed by atoms with Crippen molar-refractivity contribution < 1.29 is 4.79 Å². The summed E-state index contributed by atoms with van der Waals surface area (Å²) in [5, 5.41) is 3.26. The smallest absolute Gasteiger partial charge is 0.225 e. The zero-order valence-electron chi connectivity index (χ0n) is 13.6. The third-order valence-corrected chi connectivity index (χ3v) is 4.50. The Kier molecular flexibility index (Phi) is 5.83. The zero-order chi connectivity index (χ0) is 18.5. The van der Waals surface area contributed by atoms with Gasteiger partial charge in [-0.3, -0.25) is 4.79 Å². The van der Waals surface area contributed by atoms with Gasteiger partial charge in [0, 0.05) is 0 Å². The molecule has 0 aliphatic rings. The molecule has 0 aliphatic carbocycles. The predicted molar refractivity (Wildman–Crippen MR) is 104 cm³/mol. The third kappa shape index (κ3) is 4.02. The van der Waals surface area contributed by atoms with Crippen LogP contribution in [0, 0.1) is 0 Å². The summed E-state index contributed by atoms with van der Waals surface area (Å²) in [4.78, 5) is 19.1. The highest BCUT2D eigenvalue weighted by molar-refractivity contribution is 6.35. The molecule has 0 fully saturated rings. The number of aromatic nitrogens is 2. The molecule has 0 bridgehead atoms. The van der Waals surface area contributed by atoms with E-state index >= 15 is 0 Å². The van der Waals surface area contributed by atoms with E-state index in [2.05, 4.69) is 15.3 Å². The van der Waals surface area contributed by atoms with Crippen molar-refractivity contribution in [1.82, 2.24) is 9.97 Å². The molecule has 0 aliphatic heterocycles. The van der Waals surface area contributed by atoms with Crippen molar-refractivity contribution in [2.45, 2.75) is 12.1 Å². The molecule has 2 aromatic carbocycles. The Morgan fingerprint density at radius 2 is 1.50 bits per heavy atom. The first-order valence-corrected chi connectivity index (χ1v) is 8.66. The number of aldehydes is 1. The fourth-order valence-electron chi connectivity index (χ4n) is 2.67. The number of hydrogen-bond donors (Lipinski definition) is 2. The molecule has 7 heteroatoms. The quantitative estimate of drug-likeness (QED) is 0.483. The molecule has 2 unspecified atom stereocenters. The molecule has 26 heavy (non-hydrogen) atoms. The van der Waals surface area contributed by atoms with Gasteiger partial charge in [0.25, 0.3) is 0 Å². The molecule has 0 radical (unpaired) electrons. The van der Waals surface area contributed by atoms with Crippen LogP contribution in [0.15, 0.2) is 60.7 Å². The van der Waals surface area contributed by atoms with Crippen molar-refractivity contribution in [3.8, 4) is 0 Å². The summed E-state index contributed by atoms with van der Waals surface area (Å²) in [7, 11) is 0. The van der Waals surface area contributed by atoms with Crippen LogP contribution in [0.4, 0.5) is 5.82 Å². The molecule has 3 rings (SSSR count). The second kappa shape index (κ2) is 8.27. The lowest BCUT2D eigenvalue weighted by Crippen LogP contribution is -2.26. The summed E-state index contributed by atoms with van der Waals surface area (Å²) < 4.78 is 0. The Labute approximate surface area is 161 Å². The van der Waals surface area contributed by atoms with Crippen LogP contribution in [0.2, 0.25) is 10.3 Å². The topological polar surface area (TPSA) is 80.9 Å². The van der Waals surface area contributed by atoms with Gasteiger partial charge in [0.2, 0.25) is 5.28 Å². The summed E-state index contributed by atoms with van der Waals surface area (Å²) in [6.45, 7) is 0. The van der Waals surface area contributed by atoms with Gasteiger partial charge in [-0.25, -0.2) is 4.98 Å². The van der Waals surface area contributed by atoms with Crippen LogP contribution in [0.1, 0.15) is 33.7 Å². The predicted octanol–water partition coefficient (Wildman–Crippen LogP) is 4.45. The fourth-order valence-corrected chi connectivity index (χ4v) is 3.02. The van der Waals surface area contributed by atoms with Crippen molar-refractivity contribution >= 4 is 35.3 Å². The van der Waals surface area contributed by atoms with Crippen molar-refractivity contribution in [2.24, 2.45) is 5.73 Å². The molecule has 2 atom stereocenters. The van der Waals surface area contributed by atoms with E-state index in [9.17, 15) is 4.79 Å². The van der Waals surface area contributed by atoms with Crippen LogP contribution < -0.4 is 11.1 Å². The number of carbonyl (C=O) groups excluding carboxylic acids is 1. The second-order valence-electron chi connectivity index (χ2n) is 5.63. The minimum Gasteiger partial charge on any atom is -0.360 e. The Bertz CT molecular complexity index is 891. The minimum atomic E-state index is -0.386. The molecule has 0 saturated heterocycles. The van der Waals surface area contributed by atoms with Gasteiger partial charge in [0.15, 0.2) is 12.1 Å². The van der Waals surface area contributed by atoms with E-state index in [0.717, 1.165) is 11.1 Å². The van der Waals surface area contributed by atoms with Crippen LogP contribution in [-0.2, 0) is 0 Å². The number of benzene rings is 2. The van der Waals surface area contributed by atoms with Crippen molar-refractivity contribution in [2.75, 3.05) is 5.32 Å². The first-order chi connectivity index (χ1) is 12.6. The van der Waals surface area contributed by atoms with Gasteiger partial charge < -0.3 is 11.1 Å². The van der Waals surface area contributed by atoms with E-state index < -0.39 is 0 Å². The van der Waals surface area contributed by atoms with E-state index in [1.807, 2.05) is 60.7 Å². The molecule has 0 amide bonds. The maximum atomic E-state index is 11.2. The van der Waals surface area contributed by atoms with Gasteiger partial charge in [-0.2, -0.15) is 4.98 Å². The van der Waals surface area contributed by atoms with Crippen LogP contribution in [0.5, 0.6) is 0 Å². The number of nitrogens with one attached hydrogen (secondary N) is 1. The molecule has 3 aromatic rings. The maximum Gasteiger partial charge on any atom is 0.225 e. The third-order valence-electron chi connectivity index (χ3n) is 3.96. The van der Waals surface area contributed by atoms with Crippen molar-refractivity contribution in [3.63, 3.8) is 0 Å². The number of halogens is 2. The number of carbonyl (C=O) groups is 1. The van der Waals surface area contributed by atoms with Gasteiger partial charge >= 0.3 is 0 Å². The van der Waals surface area contributed by atoms with E-state index in [1.165, 1.54) is 0 Å². The monoisotopic (exact) mass is 386 g/mol. The van der Waals surface area contributed by atoms with Gasteiger partial charge in [-0.05, 0) is 22.7 Å². The highest BCUT2D eigenvalue weighted by atomic mass is 35.5. The van der Waals surface area contributed by atoms with E-state index in [1.54, 1.807) is 0 Å². The van der Waals surface area contributed by atoms with Crippen molar-refractivity contribution in [1.29, 1.82) is 0 Å². The van der Waals surface area contributed by atoms with E-state index in [0.29, 0.717) is 6.29 Å². The largest absolute Gasteiger partial charge is 0.360 e. The van der Waals surface area contributed by atoms with Gasteiger partial charge in [-0.1, -0.05) is 72.3 Å². The SMILES string of the molecule is NC(c1ccccc1)C(Nc1nc(Cl)nc(C=O)c1Cl)c1ccccc1. The lowest BCUT2D eigenvalue weighted by Gasteiger charge is -2.27. The molecular formula is C19H16Cl2N4O. The lowest BCUT2D eigenvalue weighted by atomic mass is 9.94. The van der Waals surface area contributed by atoms with Crippen LogP contribution in [0.25, 0.3) is 0 Å². The Morgan fingerprint density at radius 3 is 2.08 bits per heavy atom. The lowest BCUT2D eigenvalue weighted by molar-refractivity contribution is 0.111. The first kappa shape index (κ1) is 18.3. The summed E-state index contributed by atoms with van der Waals surface area (Å²) >= 11 is 12.2. The Hall–Kier alpha value is -2.47. The highest BCUT2D eigenvalue weighted by Crippen LogP contribution is 2.33. The maximum absolute atomic E-state index is 11.2. The minimum absolute atomic E-state index is 0.0225. The number of nitrogens with zero attached hydrogens (tertiary/aromatic N) is 2. The number of nitrogens with two attached hydrogens (primary N) is 1. The van der Waals surface area contributed by atoms with Gasteiger partial charge in [0.1, 0.15) is 10.7 Å². The highest BCUT2D eigenvalue weighted by Gasteiger charge is 2.24. The molecule has 132 valence electrons. The molecular weight excluding hydrogens is 371 g/mol. The number of hydrogen-bond acceptors (Lipinski definition) is 5. The van der Waals surface area contributed by atoms with E-state index in [-0.39, 0.29) is 33.9 Å². The molecule has 1 heterocycles. The normalized spacial score (nSPS) is 13.0. The van der Waals surface area contributed by atoms with Gasteiger partial charge in [-0.15, -0.1) is 0 Å². The molecule has 0 spiro atoms. The van der Waals surface area contributed by atoms with Crippen molar-refractivity contribution in [3.05, 3.63) is 87.8 Å². The van der Waals surface area contributed by atoms with Crippen LogP contribution >= 0.6 is 23.2 Å². The van der Waals surface area contributed by atoms with Gasteiger partial charge in [0.05, 0.1) is 12.1 Å². The number of rotatable bonds is 6. The average Bonchev–Trinajstić information content (AvgIpc) is 2.69. The molecule has 1 aromatic heterocycles. The molecule has 3 N–H and O–H groups in total. The summed E-state index contributed by atoms with van der Waals surface area (Å²) in [6, 6.07) is 18.6. The molecule has 0 saturated carbocycles. The first-order valence-electron chi connectivity index (χ1n) is 7.90. The Balaban J connectivity index is 2.03. The van der Waals surface area contributed by atoms with Crippen LogP contribution in [-0.4, -0.2) is 16.3 Å². The second-order valence-corrected chi connectivity index (χ2v) is 6.34. The summed E-state index contributed by atoms with van der Waals surface area (Å²) in [6.07, 6.45) is 0.537. The summed E-state index contributed by atoms with van der Waals surface area (Å²) in [5.74, 6) is 0.258. The fraction of sp³-hybridized carbons (Fsp3) is 0.105. The average molecular weight is 387 g/mol. The molecule has 5 nitrogen and oxygen atoms in total. The number of anilines is 1. The Morgan fingerprint density at radius 1 is 0.923 bits per heavy atom. The van der Waals surface area contributed by atoms with E-state index in [4.69, 9.17) is 28.9 Å². The zero-order valence-corrected chi connectivity index (χ0v) is 15.2. The van der Waals surface area contributed by atoms with Crippen LogP contribution in [0.3, 0.4) is 0 Å². The standard InChI is InChI=1S/C19H16Cl2N4O/c20-15-14(11-26)23-19(21)25-18(15)24-17(13-9-5-2-6-10-13)16(22)12-7-3-1-4-8-12/h1-11,16-17H,22H2,(H,23,24,25). The summed E-state index contributed by atoms with van der Waals surface area (Å²) in [5.41, 5.74) is 8.44.